The monoisotopic (exact) mass is 482 g/mol. The van der Waals surface area contributed by atoms with Gasteiger partial charge in [0.1, 0.15) is 11.3 Å². The van der Waals surface area contributed by atoms with E-state index in [9.17, 15) is 9.59 Å². The van der Waals surface area contributed by atoms with E-state index in [0.29, 0.717) is 41.2 Å². The van der Waals surface area contributed by atoms with Crippen LogP contribution in [0, 0.1) is 4.77 Å². The van der Waals surface area contributed by atoms with Crippen LogP contribution in [0.15, 0.2) is 41.2 Å². The number of rotatable bonds is 9. The number of benzene rings is 2. The molecule has 0 aliphatic heterocycles. The summed E-state index contributed by atoms with van der Waals surface area (Å²) in [6.07, 6.45) is 0.763. The first-order chi connectivity index (χ1) is 16.4. The highest BCUT2D eigenvalue weighted by Crippen LogP contribution is 2.28. The normalized spacial score (nSPS) is 11.0. The Labute approximate surface area is 200 Å². The first-order valence-corrected chi connectivity index (χ1v) is 11.2. The molecule has 2 heterocycles. The van der Waals surface area contributed by atoms with E-state index in [1.807, 2.05) is 36.4 Å². The first-order valence-electron chi connectivity index (χ1n) is 10.7. The molecule has 0 unspecified atom stereocenters. The molecule has 34 heavy (non-hydrogen) atoms. The number of H-pyrrole nitrogens is 2. The fourth-order valence-corrected chi connectivity index (χ4v) is 4.15. The standard InChI is InChI=1S/C24H26N4O5S/c1-31-15-5-6-17-16(13-15)21-22(26-17)23(30)28(24(34)27-21)11-9-20(29)25-10-8-14-4-7-18(32-2)19(12-14)33-3/h4-7,12-13,26H,8-11H2,1-3H3,(H,25,29)(H,27,34). The van der Waals surface area contributed by atoms with Crippen molar-refractivity contribution in [3.05, 3.63) is 57.1 Å². The van der Waals surface area contributed by atoms with Gasteiger partial charge in [0, 0.05) is 30.4 Å². The average molecular weight is 483 g/mol. The molecule has 10 heteroatoms. The summed E-state index contributed by atoms with van der Waals surface area (Å²) in [5.74, 6) is 1.82. The van der Waals surface area contributed by atoms with E-state index in [-0.39, 0.29) is 29.2 Å². The van der Waals surface area contributed by atoms with Gasteiger partial charge in [0.25, 0.3) is 5.56 Å². The molecule has 2 aromatic heterocycles. The molecule has 4 aromatic rings. The number of ether oxygens (including phenoxy) is 3. The number of hydrogen-bond acceptors (Lipinski definition) is 6. The van der Waals surface area contributed by atoms with E-state index < -0.39 is 0 Å². The van der Waals surface area contributed by atoms with E-state index >= 15 is 0 Å². The highest BCUT2D eigenvalue weighted by Gasteiger charge is 2.13. The zero-order valence-corrected chi connectivity index (χ0v) is 20.0. The van der Waals surface area contributed by atoms with Gasteiger partial charge in [-0.3, -0.25) is 14.2 Å². The third-order valence-corrected chi connectivity index (χ3v) is 6.01. The summed E-state index contributed by atoms with van der Waals surface area (Å²) >= 11 is 5.41. The molecule has 0 fully saturated rings. The summed E-state index contributed by atoms with van der Waals surface area (Å²) in [6, 6.07) is 11.2. The molecule has 4 rings (SSSR count). The lowest BCUT2D eigenvalue weighted by atomic mass is 10.1. The van der Waals surface area contributed by atoms with Gasteiger partial charge in [0.2, 0.25) is 5.91 Å². The molecule has 3 N–H and O–H groups in total. The lowest BCUT2D eigenvalue weighted by molar-refractivity contribution is -0.121. The van der Waals surface area contributed by atoms with Crippen LogP contribution in [0.5, 0.6) is 17.2 Å². The molecule has 9 nitrogen and oxygen atoms in total. The first kappa shape index (κ1) is 23.4. The van der Waals surface area contributed by atoms with Gasteiger partial charge in [0.15, 0.2) is 16.3 Å². The lowest BCUT2D eigenvalue weighted by Gasteiger charge is -2.10. The van der Waals surface area contributed by atoms with Crippen LogP contribution in [-0.2, 0) is 17.8 Å². The Morgan fingerprint density at radius 2 is 1.79 bits per heavy atom. The van der Waals surface area contributed by atoms with Gasteiger partial charge >= 0.3 is 0 Å². The summed E-state index contributed by atoms with van der Waals surface area (Å²) < 4.78 is 17.5. The van der Waals surface area contributed by atoms with Crippen LogP contribution in [-0.4, -0.2) is 48.3 Å². The van der Waals surface area contributed by atoms with Crippen LogP contribution in [0.4, 0.5) is 0 Å². The summed E-state index contributed by atoms with van der Waals surface area (Å²) in [5, 5.41) is 3.70. The van der Waals surface area contributed by atoms with Crippen molar-refractivity contribution in [2.45, 2.75) is 19.4 Å². The van der Waals surface area contributed by atoms with Crippen molar-refractivity contribution < 1.29 is 19.0 Å². The number of carbonyl (C=O) groups excluding carboxylic acids is 1. The van der Waals surface area contributed by atoms with Crippen molar-refractivity contribution in [1.29, 1.82) is 0 Å². The number of aromatic nitrogens is 3. The van der Waals surface area contributed by atoms with Crippen LogP contribution in [0.25, 0.3) is 21.9 Å². The molecule has 0 saturated heterocycles. The quantitative estimate of drug-likeness (QED) is 0.316. The summed E-state index contributed by atoms with van der Waals surface area (Å²) in [7, 11) is 4.76. The summed E-state index contributed by atoms with van der Waals surface area (Å²) in [6.45, 7) is 0.629. The SMILES string of the molecule is COc1ccc2[nH]c3c(=O)n(CCC(=O)NCCc4ccc(OC)c(OC)c4)c(=S)[nH]c3c2c1. The molecule has 2 aromatic carbocycles. The van der Waals surface area contributed by atoms with E-state index in [0.717, 1.165) is 16.5 Å². The third kappa shape index (κ3) is 4.62. The molecule has 178 valence electrons. The minimum absolute atomic E-state index is 0.128. The highest BCUT2D eigenvalue weighted by molar-refractivity contribution is 7.71. The number of hydrogen-bond donors (Lipinski definition) is 3. The summed E-state index contributed by atoms with van der Waals surface area (Å²) in [4.78, 5) is 31.7. The van der Waals surface area contributed by atoms with E-state index in [4.69, 9.17) is 26.4 Å². The Kier molecular flexibility index (Phi) is 6.87. The molecular formula is C24H26N4O5S. The predicted octanol–water partition coefficient (Wildman–Crippen LogP) is 3.32. The second-order valence-electron chi connectivity index (χ2n) is 7.71. The molecule has 0 radical (unpaired) electrons. The van der Waals surface area contributed by atoms with Crippen molar-refractivity contribution in [2.24, 2.45) is 0 Å². The fraction of sp³-hybridized carbons (Fsp3) is 0.292. The fourth-order valence-electron chi connectivity index (χ4n) is 3.88. The smallest absolute Gasteiger partial charge is 0.278 e. The number of nitrogens with zero attached hydrogens (tertiary/aromatic N) is 1. The van der Waals surface area contributed by atoms with Crippen molar-refractivity contribution in [2.75, 3.05) is 27.9 Å². The molecule has 0 aliphatic rings. The number of aromatic amines is 2. The zero-order valence-electron chi connectivity index (χ0n) is 19.2. The van der Waals surface area contributed by atoms with E-state index in [1.165, 1.54) is 4.57 Å². The topological polar surface area (TPSA) is 110 Å². The van der Waals surface area contributed by atoms with Gasteiger partial charge in [0.05, 0.1) is 26.8 Å². The number of nitrogens with one attached hydrogen (secondary N) is 3. The Morgan fingerprint density at radius 1 is 1.00 bits per heavy atom. The lowest BCUT2D eigenvalue weighted by Crippen LogP contribution is -2.29. The average Bonchev–Trinajstić information content (AvgIpc) is 3.21. The molecular weight excluding hydrogens is 456 g/mol. The maximum absolute atomic E-state index is 13.1. The molecule has 0 bridgehead atoms. The molecule has 0 spiro atoms. The molecule has 0 saturated carbocycles. The van der Waals surface area contributed by atoms with Gasteiger partial charge in [-0.2, -0.15) is 0 Å². The minimum atomic E-state index is -0.271. The third-order valence-electron chi connectivity index (χ3n) is 5.69. The van der Waals surface area contributed by atoms with Crippen LogP contribution in [0.2, 0.25) is 0 Å². The number of carbonyl (C=O) groups is 1. The summed E-state index contributed by atoms with van der Waals surface area (Å²) in [5.41, 5.74) is 2.57. The maximum Gasteiger partial charge on any atom is 0.278 e. The van der Waals surface area contributed by atoms with E-state index in [2.05, 4.69) is 15.3 Å². The van der Waals surface area contributed by atoms with Crippen molar-refractivity contribution >= 4 is 40.1 Å². The minimum Gasteiger partial charge on any atom is -0.497 e. The second-order valence-corrected chi connectivity index (χ2v) is 8.10. The Hall–Kier alpha value is -3.79. The van der Waals surface area contributed by atoms with Gasteiger partial charge in [-0.05, 0) is 54.5 Å². The zero-order chi connectivity index (χ0) is 24.2. The molecule has 0 atom stereocenters. The van der Waals surface area contributed by atoms with Crippen LogP contribution >= 0.6 is 12.2 Å². The second kappa shape index (κ2) is 10.0. The van der Waals surface area contributed by atoms with Crippen molar-refractivity contribution in [3.63, 3.8) is 0 Å². The van der Waals surface area contributed by atoms with Crippen LogP contribution < -0.4 is 25.1 Å². The molecule has 0 aliphatic carbocycles. The van der Waals surface area contributed by atoms with Crippen molar-refractivity contribution in [1.82, 2.24) is 19.9 Å². The van der Waals surface area contributed by atoms with Crippen LogP contribution in [0.3, 0.4) is 0 Å². The predicted molar refractivity (Wildman–Crippen MR) is 133 cm³/mol. The maximum atomic E-state index is 13.1. The van der Waals surface area contributed by atoms with Gasteiger partial charge in [-0.25, -0.2) is 0 Å². The number of fused-ring (bicyclic) bond motifs is 3. The van der Waals surface area contributed by atoms with E-state index in [1.54, 1.807) is 21.3 Å². The Morgan fingerprint density at radius 3 is 2.53 bits per heavy atom. The Bertz CT molecular complexity index is 1470. The van der Waals surface area contributed by atoms with Gasteiger partial charge in [-0.15, -0.1) is 0 Å². The Balaban J connectivity index is 1.42. The molecule has 1 amide bonds. The number of amides is 1. The van der Waals surface area contributed by atoms with Gasteiger partial charge in [-0.1, -0.05) is 6.07 Å². The van der Waals surface area contributed by atoms with Crippen molar-refractivity contribution in [3.8, 4) is 17.2 Å². The highest BCUT2D eigenvalue weighted by atomic mass is 32.1. The largest absolute Gasteiger partial charge is 0.497 e. The van der Waals surface area contributed by atoms with Gasteiger partial charge < -0.3 is 29.5 Å². The number of methoxy groups -OCH3 is 3. The van der Waals surface area contributed by atoms with Crippen LogP contribution in [0.1, 0.15) is 12.0 Å².